The van der Waals surface area contributed by atoms with Gasteiger partial charge in [0, 0.05) is 16.2 Å². The van der Waals surface area contributed by atoms with E-state index >= 15 is 0 Å². The van der Waals surface area contributed by atoms with Crippen LogP contribution in [0.1, 0.15) is 5.76 Å². The highest BCUT2D eigenvalue weighted by molar-refractivity contribution is 5.60. The summed E-state index contributed by atoms with van der Waals surface area (Å²) in [5.41, 5.74) is 9.68. The summed E-state index contributed by atoms with van der Waals surface area (Å²) in [5, 5.41) is 12.3. The molecule has 0 bridgehead atoms. The molecule has 2 aromatic rings. The first-order valence-electron chi connectivity index (χ1n) is 4.68. The van der Waals surface area contributed by atoms with Crippen LogP contribution in [0.4, 0.5) is 5.69 Å². The zero-order chi connectivity index (χ0) is 11.4. The van der Waals surface area contributed by atoms with E-state index in [-0.39, 0.29) is 6.61 Å². The topological polar surface area (TPSA) is 82.1 Å². The molecule has 1 aromatic heterocycles. The Hall–Kier alpha value is -2.23. The van der Waals surface area contributed by atoms with E-state index in [0.29, 0.717) is 17.2 Å². The number of azide groups is 1. The molecule has 16 heavy (non-hydrogen) atoms. The smallest absolute Gasteiger partial charge is 0.134 e. The Bertz CT molecular complexity index is 524. The molecule has 5 heteroatoms. The van der Waals surface area contributed by atoms with E-state index in [2.05, 4.69) is 10.0 Å². The van der Waals surface area contributed by atoms with Gasteiger partial charge in [0.25, 0.3) is 0 Å². The number of furan rings is 1. The van der Waals surface area contributed by atoms with Crippen LogP contribution in [0, 0.1) is 0 Å². The molecule has 0 amide bonds. The Labute approximate surface area is 91.6 Å². The lowest BCUT2D eigenvalue weighted by Gasteiger charge is -1.97. The van der Waals surface area contributed by atoms with Crippen LogP contribution in [0.25, 0.3) is 21.8 Å². The number of hydrogen-bond acceptors (Lipinski definition) is 3. The zero-order valence-electron chi connectivity index (χ0n) is 8.37. The SMILES string of the molecule is [N-]=[N+]=Nc1ccc(-c2ccc(CO)o2)cc1. The minimum atomic E-state index is -0.114. The van der Waals surface area contributed by atoms with Crippen LogP contribution >= 0.6 is 0 Å². The number of hydrogen-bond donors (Lipinski definition) is 1. The van der Waals surface area contributed by atoms with Gasteiger partial charge >= 0.3 is 0 Å². The standard InChI is InChI=1S/C11H9N3O2/c12-14-13-9-3-1-8(2-4-9)11-6-5-10(7-15)16-11/h1-6,15H,7H2. The van der Waals surface area contributed by atoms with E-state index in [1.54, 1.807) is 36.4 Å². The molecule has 5 nitrogen and oxygen atoms in total. The molecule has 0 radical (unpaired) electrons. The predicted molar refractivity (Wildman–Crippen MR) is 58.9 cm³/mol. The van der Waals surface area contributed by atoms with Gasteiger partial charge in [0.15, 0.2) is 0 Å². The summed E-state index contributed by atoms with van der Waals surface area (Å²) >= 11 is 0. The van der Waals surface area contributed by atoms with Crippen molar-refractivity contribution in [3.63, 3.8) is 0 Å². The van der Waals surface area contributed by atoms with Crippen LogP contribution in [-0.2, 0) is 6.61 Å². The van der Waals surface area contributed by atoms with Crippen molar-refractivity contribution in [3.8, 4) is 11.3 Å². The van der Waals surface area contributed by atoms with Gasteiger partial charge in [-0.1, -0.05) is 29.4 Å². The molecule has 80 valence electrons. The minimum Gasteiger partial charge on any atom is -0.459 e. The lowest BCUT2D eigenvalue weighted by atomic mass is 10.1. The van der Waals surface area contributed by atoms with Crippen molar-refractivity contribution in [2.75, 3.05) is 0 Å². The molecule has 1 aromatic carbocycles. The molecular weight excluding hydrogens is 206 g/mol. The third kappa shape index (κ3) is 2.06. The minimum absolute atomic E-state index is 0.114. The molecule has 0 aliphatic rings. The maximum absolute atomic E-state index is 8.86. The Morgan fingerprint density at radius 1 is 1.19 bits per heavy atom. The summed E-state index contributed by atoms with van der Waals surface area (Å²) in [4.78, 5) is 2.69. The molecule has 0 aliphatic heterocycles. The molecule has 1 heterocycles. The van der Waals surface area contributed by atoms with E-state index in [1.807, 2.05) is 0 Å². The van der Waals surface area contributed by atoms with Crippen LogP contribution in [0.3, 0.4) is 0 Å². The van der Waals surface area contributed by atoms with Crippen LogP contribution in [0.15, 0.2) is 45.9 Å². The molecule has 0 spiro atoms. The fourth-order valence-corrected chi connectivity index (χ4v) is 1.36. The van der Waals surface area contributed by atoms with Crippen molar-refractivity contribution in [2.24, 2.45) is 5.11 Å². The van der Waals surface area contributed by atoms with Gasteiger partial charge in [-0.2, -0.15) is 0 Å². The normalized spacial score (nSPS) is 9.81. The first-order chi connectivity index (χ1) is 7.83. The zero-order valence-corrected chi connectivity index (χ0v) is 8.37. The number of nitrogens with zero attached hydrogens (tertiary/aromatic N) is 3. The van der Waals surface area contributed by atoms with E-state index in [9.17, 15) is 0 Å². The van der Waals surface area contributed by atoms with Crippen LogP contribution in [0.2, 0.25) is 0 Å². The number of aliphatic hydroxyl groups excluding tert-OH is 1. The van der Waals surface area contributed by atoms with E-state index < -0.39 is 0 Å². The van der Waals surface area contributed by atoms with Gasteiger partial charge < -0.3 is 9.52 Å². The highest BCUT2D eigenvalue weighted by atomic mass is 16.4. The molecule has 2 rings (SSSR count). The van der Waals surface area contributed by atoms with Gasteiger partial charge in [-0.05, 0) is 17.7 Å². The lowest BCUT2D eigenvalue weighted by molar-refractivity contribution is 0.248. The predicted octanol–water partition coefficient (Wildman–Crippen LogP) is 3.38. The summed E-state index contributed by atoms with van der Waals surface area (Å²) in [6.45, 7) is -0.114. The van der Waals surface area contributed by atoms with Gasteiger partial charge in [-0.15, -0.1) is 0 Å². The third-order valence-corrected chi connectivity index (χ3v) is 2.13. The first kappa shape index (κ1) is 10.3. The van der Waals surface area contributed by atoms with Gasteiger partial charge in [-0.3, -0.25) is 0 Å². The van der Waals surface area contributed by atoms with E-state index in [0.717, 1.165) is 5.56 Å². The second kappa shape index (κ2) is 4.53. The van der Waals surface area contributed by atoms with Crippen molar-refractivity contribution < 1.29 is 9.52 Å². The Morgan fingerprint density at radius 2 is 1.94 bits per heavy atom. The second-order valence-corrected chi connectivity index (χ2v) is 3.16. The van der Waals surface area contributed by atoms with E-state index in [1.165, 1.54) is 0 Å². The highest BCUT2D eigenvalue weighted by Gasteiger charge is 2.03. The average Bonchev–Trinajstić information content (AvgIpc) is 2.79. The molecule has 0 atom stereocenters. The molecule has 1 N–H and O–H groups in total. The van der Waals surface area contributed by atoms with Crippen molar-refractivity contribution in [1.29, 1.82) is 0 Å². The van der Waals surface area contributed by atoms with Gasteiger partial charge in [0.05, 0.1) is 0 Å². The fraction of sp³-hybridized carbons (Fsp3) is 0.0909. The largest absolute Gasteiger partial charge is 0.459 e. The Kier molecular flexibility index (Phi) is 2.91. The summed E-state index contributed by atoms with van der Waals surface area (Å²) in [7, 11) is 0. The molecule has 0 aliphatic carbocycles. The second-order valence-electron chi connectivity index (χ2n) is 3.16. The molecule has 0 unspecified atom stereocenters. The number of rotatable bonds is 3. The Balaban J connectivity index is 2.30. The monoisotopic (exact) mass is 215 g/mol. The Morgan fingerprint density at radius 3 is 2.50 bits per heavy atom. The summed E-state index contributed by atoms with van der Waals surface area (Å²) in [5.74, 6) is 1.20. The maximum Gasteiger partial charge on any atom is 0.134 e. The molecule has 0 saturated heterocycles. The van der Waals surface area contributed by atoms with Gasteiger partial charge in [0.2, 0.25) is 0 Å². The quantitative estimate of drug-likeness (QED) is 0.483. The van der Waals surface area contributed by atoms with Crippen molar-refractivity contribution in [3.05, 3.63) is 52.6 Å². The van der Waals surface area contributed by atoms with Crippen molar-refractivity contribution >= 4 is 5.69 Å². The highest BCUT2D eigenvalue weighted by Crippen LogP contribution is 2.24. The van der Waals surface area contributed by atoms with Crippen molar-refractivity contribution in [1.82, 2.24) is 0 Å². The molecular formula is C11H9N3O2. The summed E-state index contributed by atoms with van der Waals surface area (Å²) < 4.78 is 5.37. The maximum atomic E-state index is 8.86. The van der Waals surface area contributed by atoms with E-state index in [4.69, 9.17) is 15.1 Å². The third-order valence-electron chi connectivity index (χ3n) is 2.13. The lowest BCUT2D eigenvalue weighted by Crippen LogP contribution is -1.75. The molecule has 0 saturated carbocycles. The van der Waals surface area contributed by atoms with Crippen LogP contribution in [-0.4, -0.2) is 5.11 Å². The fourth-order valence-electron chi connectivity index (χ4n) is 1.36. The van der Waals surface area contributed by atoms with Gasteiger partial charge in [0.1, 0.15) is 18.1 Å². The van der Waals surface area contributed by atoms with Crippen LogP contribution in [0.5, 0.6) is 0 Å². The number of benzene rings is 1. The summed E-state index contributed by atoms with van der Waals surface area (Å²) in [6, 6.07) is 10.5. The first-order valence-corrected chi connectivity index (χ1v) is 4.68. The average molecular weight is 215 g/mol. The molecule has 0 fully saturated rings. The van der Waals surface area contributed by atoms with Crippen LogP contribution < -0.4 is 0 Å². The summed E-state index contributed by atoms with van der Waals surface area (Å²) in [6.07, 6.45) is 0. The van der Waals surface area contributed by atoms with Gasteiger partial charge in [-0.25, -0.2) is 0 Å². The number of aliphatic hydroxyl groups is 1. The van der Waals surface area contributed by atoms with Crippen molar-refractivity contribution in [2.45, 2.75) is 6.61 Å².